The van der Waals surface area contributed by atoms with Gasteiger partial charge in [-0.2, -0.15) is 13.2 Å². The van der Waals surface area contributed by atoms with Gasteiger partial charge >= 0.3 is 12.1 Å². The van der Waals surface area contributed by atoms with E-state index in [-0.39, 0.29) is 11.5 Å². The number of nitrogens with zero attached hydrogens (tertiary/aromatic N) is 1. The summed E-state index contributed by atoms with van der Waals surface area (Å²) in [5, 5.41) is 9.03. The van der Waals surface area contributed by atoms with Crippen LogP contribution >= 0.6 is 0 Å². The highest BCUT2D eigenvalue weighted by Gasteiger charge is 2.54. The first-order chi connectivity index (χ1) is 11.6. The highest BCUT2D eigenvalue weighted by molar-refractivity contribution is 6.03. The zero-order valence-corrected chi connectivity index (χ0v) is 13.4. The maximum absolute atomic E-state index is 13.1. The first-order valence-corrected chi connectivity index (χ1v) is 7.85. The Morgan fingerprint density at radius 1 is 1.24 bits per heavy atom. The van der Waals surface area contributed by atoms with Gasteiger partial charge in [0.15, 0.2) is 11.5 Å². The largest absolute Gasteiger partial charge is 0.481 e. The number of carbonyl (C=O) groups is 3. The zero-order chi connectivity index (χ0) is 18.5. The number of likely N-dealkylation sites (tertiary alicyclic amines) is 1. The zero-order valence-electron chi connectivity index (χ0n) is 13.4. The summed E-state index contributed by atoms with van der Waals surface area (Å²) in [6.07, 6.45) is -3.31. The van der Waals surface area contributed by atoms with Crippen LogP contribution < -0.4 is 0 Å². The van der Waals surface area contributed by atoms with E-state index in [4.69, 9.17) is 9.52 Å². The fraction of sp³-hybridized carbons (Fsp3) is 0.562. The SMILES string of the molecule is Cc1c(C(=O)N2C[C@@H](C(F)(F)F)[C@H](C(=O)O)C2)oc2c1C(=O)CCC2. The van der Waals surface area contributed by atoms with Gasteiger partial charge in [0.2, 0.25) is 0 Å². The number of hydrogen-bond acceptors (Lipinski definition) is 4. The number of fused-ring (bicyclic) bond motifs is 1. The first kappa shape index (κ1) is 17.5. The fourth-order valence-corrected chi connectivity index (χ4v) is 3.55. The minimum absolute atomic E-state index is 0.153. The maximum atomic E-state index is 13.1. The van der Waals surface area contributed by atoms with E-state index in [9.17, 15) is 27.6 Å². The standard InChI is InChI=1S/C16H16F3NO5/c1-7-12-10(21)3-2-4-11(12)25-13(7)14(22)20-5-8(15(23)24)9(6-20)16(17,18)19/h8-9H,2-6H2,1H3,(H,23,24)/t8-,9-/m1/s1. The lowest BCUT2D eigenvalue weighted by Crippen LogP contribution is -2.34. The Hall–Kier alpha value is -2.32. The van der Waals surface area contributed by atoms with Crippen LogP contribution in [0.3, 0.4) is 0 Å². The Morgan fingerprint density at radius 3 is 2.44 bits per heavy atom. The Morgan fingerprint density at radius 2 is 1.92 bits per heavy atom. The van der Waals surface area contributed by atoms with Crippen molar-refractivity contribution in [3.05, 3.63) is 22.6 Å². The van der Waals surface area contributed by atoms with Gasteiger partial charge in [-0.3, -0.25) is 14.4 Å². The van der Waals surface area contributed by atoms with Crippen molar-refractivity contribution < 1.29 is 37.1 Å². The molecule has 1 amide bonds. The predicted octanol–water partition coefficient (Wildman–Crippen LogP) is 2.44. The summed E-state index contributed by atoms with van der Waals surface area (Å²) < 4.78 is 44.6. The first-order valence-electron chi connectivity index (χ1n) is 7.85. The molecule has 1 aromatic heterocycles. The summed E-state index contributed by atoms with van der Waals surface area (Å²) in [5.41, 5.74) is 0.642. The molecule has 2 aliphatic rings. The summed E-state index contributed by atoms with van der Waals surface area (Å²) in [6, 6.07) is 0. The molecule has 9 heteroatoms. The molecule has 1 aliphatic heterocycles. The minimum Gasteiger partial charge on any atom is -0.481 e. The second-order valence-electron chi connectivity index (χ2n) is 6.43. The second kappa shape index (κ2) is 5.89. The lowest BCUT2D eigenvalue weighted by atomic mass is 9.94. The molecule has 0 unspecified atom stereocenters. The van der Waals surface area contributed by atoms with Crippen molar-refractivity contribution >= 4 is 17.7 Å². The molecule has 1 fully saturated rings. The van der Waals surface area contributed by atoms with Gasteiger partial charge in [-0.15, -0.1) is 0 Å². The van der Waals surface area contributed by atoms with E-state index in [1.165, 1.54) is 6.92 Å². The van der Waals surface area contributed by atoms with Crippen LogP contribution in [0, 0.1) is 18.8 Å². The molecule has 6 nitrogen and oxygen atoms in total. The van der Waals surface area contributed by atoms with Crippen molar-refractivity contribution in [3.8, 4) is 0 Å². The number of carboxylic acids is 1. The van der Waals surface area contributed by atoms with E-state index in [1.54, 1.807) is 0 Å². The molecule has 0 bridgehead atoms. The molecule has 0 radical (unpaired) electrons. The van der Waals surface area contributed by atoms with Gasteiger partial charge in [0.05, 0.1) is 17.4 Å². The molecule has 1 saturated heterocycles. The number of ketones is 1. The number of aryl methyl sites for hydroxylation is 1. The van der Waals surface area contributed by atoms with Crippen molar-refractivity contribution in [1.29, 1.82) is 0 Å². The number of alkyl halides is 3. The van der Waals surface area contributed by atoms with E-state index in [0.717, 1.165) is 4.90 Å². The highest BCUT2D eigenvalue weighted by Crippen LogP contribution is 2.39. The minimum atomic E-state index is -4.72. The molecular weight excluding hydrogens is 343 g/mol. The van der Waals surface area contributed by atoms with Gasteiger partial charge in [-0.05, 0) is 13.3 Å². The van der Waals surface area contributed by atoms with Crippen LogP contribution in [0.1, 0.15) is 45.1 Å². The van der Waals surface area contributed by atoms with Crippen LogP contribution in [0.25, 0.3) is 0 Å². The number of amides is 1. The molecule has 25 heavy (non-hydrogen) atoms. The summed E-state index contributed by atoms with van der Waals surface area (Å²) >= 11 is 0. The van der Waals surface area contributed by atoms with Crippen molar-refractivity contribution in [2.24, 2.45) is 11.8 Å². The monoisotopic (exact) mass is 359 g/mol. The van der Waals surface area contributed by atoms with Crippen molar-refractivity contribution in [3.63, 3.8) is 0 Å². The second-order valence-corrected chi connectivity index (χ2v) is 6.43. The molecule has 3 rings (SSSR count). The number of carbonyl (C=O) groups excluding carboxylic acids is 2. The Labute approximate surface area is 140 Å². The quantitative estimate of drug-likeness (QED) is 0.876. The number of carboxylic acid groups (broad SMARTS) is 1. The van der Waals surface area contributed by atoms with Crippen LogP contribution in [-0.4, -0.2) is 46.9 Å². The van der Waals surface area contributed by atoms with Gasteiger partial charge in [-0.1, -0.05) is 0 Å². The molecule has 1 aromatic rings. The average Bonchev–Trinajstić information content (AvgIpc) is 3.09. The lowest BCUT2D eigenvalue weighted by molar-refractivity contribution is -0.187. The maximum Gasteiger partial charge on any atom is 0.394 e. The van der Waals surface area contributed by atoms with E-state index < -0.39 is 43.0 Å². The number of furan rings is 1. The molecule has 2 atom stereocenters. The average molecular weight is 359 g/mol. The summed E-state index contributed by atoms with van der Waals surface area (Å²) in [4.78, 5) is 36.5. The van der Waals surface area contributed by atoms with Gasteiger partial charge in [0.1, 0.15) is 5.76 Å². The van der Waals surface area contributed by atoms with E-state index in [1.807, 2.05) is 0 Å². The number of aliphatic carboxylic acids is 1. The Kier molecular flexibility index (Phi) is 4.12. The Balaban J connectivity index is 1.90. The molecule has 2 heterocycles. The Bertz CT molecular complexity index is 752. The summed E-state index contributed by atoms with van der Waals surface area (Å²) in [7, 11) is 0. The third kappa shape index (κ3) is 2.91. The van der Waals surface area contributed by atoms with Crippen LogP contribution in [0.15, 0.2) is 4.42 Å². The number of hydrogen-bond donors (Lipinski definition) is 1. The topological polar surface area (TPSA) is 87.8 Å². The fourth-order valence-electron chi connectivity index (χ4n) is 3.55. The van der Waals surface area contributed by atoms with E-state index in [0.29, 0.717) is 36.1 Å². The number of halogens is 3. The van der Waals surface area contributed by atoms with Crippen LogP contribution in [-0.2, 0) is 11.2 Å². The van der Waals surface area contributed by atoms with Gasteiger partial charge in [0, 0.05) is 31.5 Å². The van der Waals surface area contributed by atoms with Crippen molar-refractivity contribution in [2.75, 3.05) is 13.1 Å². The van der Waals surface area contributed by atoms with Crippen LogP contribution in [0.4, 0.5) is 13.2 Å². The third-order valence-electron chi connectivity index (χ3n) is 4.85. The summed E-state index contributed by atoms with van der Waals surface area (Å²) in [5.74, 6) is -6.19. The van der Waals surface area contributed by atoms with Gasteiger partial charge in [0.25, 0.3) is 5.91 Å². The van der Waals surface area contributed by atoms with Crippen LogP contribution in [0.5, 0.6) is 0 Å². The van der Waals surface area contributed by atoms with Crippen molar-refractivity contribution in [1.82, 2.24) is 4.90 Å². The molecule has 0 spiro atoms. The predicted molar refractivity (Wildman–Crippen MR) is 77.3 cm³/mol. The van der Waals surface area contributed by atoms with Gasteiger partial charge in [-0.25, -0.2) is 0 Å². The molecule has 0 saturated carbocycles. The summed E-state index contributed by atoms with van der Waals surface area (Å²) in [6.45, 7) is 0.236. The number of Topliss-reactive ketones (excluding diaryl/α,β-unsaturated/α-hetero) is 1. The smallest absolute Gasteiger partial charge is 0.394 e. The van der Waals surface area contributed by atoms with Crippen LogP contribution in [0.2, 0.25) is 0 Å². The molecule has 1 N–H and O–H groups in total. The third-order valence-corrected chi connectivity index (χ3v) is 4.85. The van der Waals surface area contributed by atoms with E-state index in [2.05, 4.69) is 0 Å². The van der Waals surface area contributed by atoms with Crippen molar-refractivity contribution in [2.45, 2.75) is 32.4 Å². The normalized spacial score (nSPS) is 23.7. The molecular formula is C16H16F3NO5. The lowest BCUT2D eigenvalue weighted by Gasteiger charge is -2.18. The highest BCUT2D eigenvalue weighted by atomic mass is 19.4. The number of rotatable bonds is 2. The molecule has 0 aromatic carbocycles. The molecule has 1 aliphatic carbocycles. The molecule has 136 valence electrons. The van der Waals surface area contributed by atoms with E-state index >= 15 is 0 Å². The van der Waals surface area contributed by atoms with Gasteiger partial charge < -0.3 is 14.4 Å².